The lowest BCUT2D eigenvalue weighted by Crippen LogP contribution is -2.29. The molecule has 0 saturated carbocycles. The van der Waals surface area contributed by atoms with Gasteiger partial charge in [-0.25, -0.2) is 0 Å². The van der Waals surface area contributed by atoms with Crippen molar-refractivity contribution in [2.75, 3.05) is 20.6 Å². The molecular formula is C24H27ClN2O. The largest absolute Gasteiger partial charge is 0.346 e. The highest BCUT2D eigenvalue weighted by molar-refractivity contribution is 5.92. The maximum atomic E-state index is 12.5. The van der Waals surface area contributed by atoms with Gasteiger partial charge in [-0.15, -0.1) is 12.4 Å². The maximum Gasteiger partial charge on any atom is 0.244 e. The Morgan fingerprint density at radius 1 is 0.964 bits per heavy atom. The molecule has 3 rings (SSSR count). The van der Waals surface area contributed by atoms with Gasteiger partial charge in [-0.05, 0) is 61.1 Å². The van der Waals surface area contributed by atoms with Crippen LogP contribution in [-0.2, 0) is 4.79 Å². The molecule has 0 aromatic heterocycles. The van der Waals surface area contributed by atoms with Crippen molar-refractivity contribution in [3.8, 4) is 0 Å². The van der Waals surface area contributed by atoms with Crippen LogP contribution in [0, 0.1) is 0 Å². The smallest absolute Gasteiger partial charge is 0.244 e. The van der Waals surface area contributed by atoms with Gasteiger partial charge in [-0.1, -0.05) is 66.7 Å². The van der Waals surface area contributed by atoms with Crippen molar-refractivity contribution < 1.29 is 4.79 Å². The van der Waals surface area contributed by atoms with Crippen molar-refractivity contribution in [1.82, 2.24) is 10.2 Å². The first-order valence-electron chi connectivity index (χ1n) is 9.29. The van der Waals surface area contributed by atoms with E-state index >= 15 is 0 Å². The highest BCUT2D eigenvalue weighted by Gasteiger charge is 2.14. The third-order valence-corrected chi connectivity index (χ3v) is 4.58. The minimum absolute atomic E-state index is 0. The fourth-order valence-electron chi connectivity index (χ4n) is 3.09. The zero-order chi connectivity index (χ0) is 19.1. The van der Waals surface area contributed by atoms with E-state index < -0.39 is 0 Å². The Hall–Kier alpha value is -2.62. The molecule has 0 aliphatic heterocycles. The molecule has 1 atom stereocenters. The lowest BCUT2D eigenvalue weighted by molar-refractivity contribution is -0.117. The molecule has 0 saturated heterocycles. The standard InChI is InChI=1S/C24H26N2O.ClH/c1-26(2)17-16-23(22-14-13-20-10-6-7-11-21(20)18-22)25-24(27)15-12-19-8-4-3-5-9-19;/h3-15,18,23H,16-17H2,1-2H3,(H,25,27);1H/b15-12+;. The Morgan fingerprint density at radius 2 is 1.64 bits per heavy atom. The average Bonchev–Trinajstić information content (AvgIpc) is 2.70. The van der Waals surface area contributed by atoms with Crippen molar-refractivity contribution in [3.63, 3.8) is 0 Å². The van der Waals surface area contributed by atoms with E-state index in [9.17, 15) is 4.79 Å². The molecule has 0 spiro atoms. The SMILES string of the molecule is CN(C)CCC(NC(=O)/C=C/c1ccccc1)c1ccc2ccccc2c1.Cl. The van der Waals surface area contributed by atoms with Gasteiger partial charge in [0.25, 0.3) is 0 Å². The molecule has 1 unspecified atom stereocenters. The van der Waals surface area contributed by atoms with Crippen LogP contribution in [0.2, 0.25) is 0 Å². The summed E-state index contributed by atoms with van der Waals surface area (Å²) in [5.41, 5.74) is 2.15. The first kappa shape index (κ1) is 21.7. The first-order valence-corrected chi connectivity index (χ1v) is 9.29. The highest BCUT2D eigenvalue weighted by atomic mass is 35.5. The van der Waals surface area contributed by atoms with Gasteiger partial charge in [0.1, 0.15) is 0 Å². The molecule has 0 aliphatic rings. The Bertz CT molecular complexity index is 922. The van der Waals surface area contributed by atoms with E-state index in [1.54, 1.807) is 6.08 Å². The fraction of sp³-hybridized carbons (Fsp3) is 0.208. The molecule has 0 heterocycles. The number of hydrogen-bond acceptors (Lipinski definition) is 2. The second-order valence-corrected chi connectivity index (χ2v) is 7.00. The van der Waals surface area contributed by atoms with E-state index in [2.05, 4.69) is 54.6 Å². The number of hydrogen-bond donors (Lipinski definition) is 1. The van der Waals surface area contributed by atoms with E-state index in [1.807, 2.05) is 48.5 Å². The number of benzene rings is 3. The summed E-state index contributed by atoms with van der Waals surface area (Å²) in [5.74, 6) is -0.0734. The van der Waals surface area contributed by atoms with Crippen molar-refractivity contribution in [3.05, 3.63) is 90.0 Å². The minimum atomic E-state index is -0.0734. The molecule has 0 bridgehead atoms. The molecule has 146 valence electrons. The van der Waals surface area contributed by atoms with Crippen LogP contribution in [0.5, 0.6) is 0 Å². The molecule has 1 amide bonds. The van der Waals surface area contributed by atoms with E-state index in [0.29, 0.717) is 0 Å². The van der Waals surface area contributed by atoms with E-state index in [4.69, 9.17) is 0 Å². The molecule has 0 fully saturated rings. The lowest BCUT2D eigenvalue weighted by Gasteiger charge is -2.21. The molecule has 1 N–H and O–H groups in total. The highest BCUT2D eigenvalue weighted by Crippen LogP contribution is 2.23. The van der Waals surface area contributed by atoms with Gasteiger partial charge in [0, 0.05) is 6.08 Å². The van der Waals surface area contributed by atoms with Gasteiger partial charge in [-0.2, -0.15) is 0 Å². The van der Waals surface area contributed by atoms with Crippen molar-refractivity contribution in [2.24, 2.45) is 0 Å². The zero-order valence-electron chi connectivity index (χ0n) is 16.3. The van der Waals surface area contributed by atoms with Crippen LogP contribution < -0.4 is 5.32 Å². The number of nitrogens with one attached hydrogen (secondary N) is 1. The molecule has 0 radical (unpaired) electrons. The fourth-order valence-corrected chi connectivity index (χ4v) is 3.09. The summed E-state index contributed by atoms with van der Waals surface area (Å²) in [5, 5.41) is 5.58. The van der Waals surface area contributed by atoms with Gasteiger partial charge in [0.05, 0.1) is 6.04 Å². The van der Waals surface area contributed by atoms with E-state index in [1.165, 1.54) is 10.8 Å². The Balaban J connectivity index is 0.00000280. The summed E-state index contributed by atoms with van der Waals surface area (Å²) < 4.78 is 0. The van der Waals surface area contributed by atoms with Crippen LogP contribution in [0.15, 0.2) is 78.9 Å². The summed E-state index contributed by atoms with van der Waals surface area (Å²) >= 11 is 0. The van der Waals surface area contributed by atoms with Crippen LogP contribution in [0.25, 0.3) is 16.8 Å². The van der Waals surface area contributed by atoms with E-state index in [-0.39, 0.29) is 24.4 Å². The number of carbonyl (C=O) groups excluding carboxylic acids is 1. The number of carbonyl (C=O) groups is 1. The zero-order valence-corrected chi connectivity index (χ0v) is 17.2. The predicted octanol–water partition coefficient (Wildman–Crippen LogP) is 5.08. The number of nitrogens with zero attached hydrogens (tertiary/aromatic N) is 1. The quantitative estimate of drug-likeness (QED) is 0.566. The minimum Gasteiger partial charge on any atom is -0.346 e. The summed E-state index contributed by atoms with van der Waals surface area (Å²) in [6, 6.07) is 24.6. The normalized spacial score (nSPS) is 12.1. The second kappa shape index (κ2) is 10.6. The lowest BCUT2D eigenvalue weighted by atomic mass is 9.99. The van der Waals surface area contributed by atoms with Gasteiger partial charge in [0.15, 0.2) is 0 Å². The van der Waals surface area contributed by atoms with E-state index in [0.717, 1.165) is 24.1 Å². The summed E-state index contributed by atoms with van der Waals surface area (Å²) in [6.07, 6.45) is 4.31. The Labute approximate surface area is 173 Å². The van der Waals surface area contributed by atoms with Crippen LogP contribution in [-0.4, -0.2) is 31.4 Å². The second-order valence-electron chi connectivity index (χ2n) is 7.00. The van der Waals surface area contributed by atoms with Crippen molar-refractivity contribution >= 4 is 35.2 Å². The molecule has 3 aromatic rings. The number of fused-ring (bicyclic) bond motifs is 1. The number of amides is 1. The Kier molecular flexibility index (Phi) is 8.24. The summed E-state index contributed by atoms with van der Waals surface area (Å²) in [7, 11) is 4.10. The average molecular weight is 395 g/mol. The molecular weight excluding hydrogens is 368 g/mol. The number of halogens is 1. The third-order valence-electron chi connectivity index (χ3n) is 4.58. The van der Waals surface area contributed by atoms with Crippen LogP contribution in [0.3, 0.4) is 0 Å². The summed E-state index contributed by atoms with van der Waals surface area (Å²) in [4.78, 5) is 14.6. The summed E-state index contributed by atoms with van der Waals surface area (Å²) in [6.45, 7) is 0.903. The van der Waals surface area contributed by atoms with Crippen molar-refractivity contribution in [2.45, 2.75) is 12.5 Å². The topological polar surface area (TPSA) is 32.3 Å². The monoisotopic (exact) mass is 394 g/mol. The van der Waals surface area contributed by atoms with Crippen LogP contribution in [0.4, 0.5) is 0 Å². The van der Waals surface area contributed by atoms with Crippen molar-refractivity contribution in [1.29, 1.82) is 0 Å². The predicted molar refractivity (Wildman–Crippen MR) is 121 cm³/mol. The van der Waals surface area contributed by atoms with Gasteiger partial charge >= 0.3 is 0 Å². The van der Waals surface area contributed by atoms with Gasteiger partial charge in [-0.3, -0.25) is 4.79 Å². The third kappa shape index (κ3) is 6.22. The molecule has 0 aliphatic carbocycles. The molecule has 3 aromatic carbocycles. The maximum absolute atomic E-state index is 12.5. The molecule has 3 nitrogen and oxygen atoms in total. The van der Waals surface area contributed by atoms with Gasteiger partial charge < -0.3 is 10.2 Å². The number of rotatable bonds is 7. The first-order chi connectivity index (χ1) is 13.1. The van der Waals surface area contributed by atoms with Gasteiger partial charge in [0.2, 0.25) is 5.91 Å². The Morgan fingerprint density at radius 3 is 2.36 bits per heavy atom. The molecule has 28 heavy (non-hydrogen) atoms. The van der Waals surface area contributed by atoms with Crippen LogP contribution >= 0.6 is 12.4 Å². The molecule has 4 heteroatoms. The van der Waals surface area contributed by atoms with Crippen LogP contribution in [0.1, 0.15) is 23.6 Å².